The van der Waals surface area contributed by atoms with Crippen molar-refractivity contribution >= 4 is 0 Å². The Bertz CT molecular complexity index is 823. The molecule has 0 aliphatic carbocycles. The minimum absolute atomic E-state index is 0.472. The molecule has 1 saturated heterocycles. The van der Waals surface area contributed by atoms with Gasteiger partial charge in [-0.1, -0.05) is 19.0 Å². The van der Waals surface area contributed by atoms with E-state index in [1.165, 1.54) is 26.1 Å². The highest BCUT2D eigenvalue weighted by Crippen LogP contribution is 2.43. The molecule has 1 aliphatic heterocycles. The topological polar surface area (TPSA) is 73.1 Å². The molecule has 0 amide bonds. The second-order valence-corrected chi connectivity index (χ2v) is 8.40. The van der Waals surface area contributed by atoms with Crippen LogP contribution in [0.4, 0.5) is 0 Å². The summed E-state index contributed by atoms with van der Waals surface area (Å²) in [5.41, 5.74) is 0.702. The van der Waals surface area contributed by atoms with Gasteiger partial charge < -0.3 is 23.6 Å². The third-order valence-corrected chi connectivity index (χ3v) is 5.38. The van der Waals surface area contributed by atoms with Gasteiger partial charge >= 0.3 is 0 Å². The molecule has 8 nitrogen and oxygen atoms in total. The molecule has 3 rings (SSSR count). The fourth-order valence-electron chi connectivity index (χ4n) is 4.19. The number of rotatable bonds is 10. The van der Waals surface area contributed by atoms with Gasteiger partial charge in [0, 0.05) is 19.6 Å². The maximum Gasteiger partial charge on any atom is 0.241 e. The number of aromatic nitrogens is 2. The van der Waals surface area contributed by atoms with Crippen molar-refractivity contribution in [3.05, 3.63) is 18.0 Å². The van der Waals surface area contributed by atoms with E-state index < -0.39 is 0 Å². The zero-order chi connectivity index (χ0) is 21.7. The highest BCUT2D eigenvalue weighted by molar-refractivity contribution is 5.71. The van der Waals surface area contributed by atoms with Gasteiger partial charge in [0.15, 0.2) is 11.5 Å². The van der Waals surface area contributed by atoms with Crippen LogP contribution < -0.4 is 14.2 Å². The van der Waals surface area contributed by atoms with Gasteiger partial charge in [-0.15, -0.1) is 0 Å². The zero-order valence-corrected chi connectivity index (χ0v) is 19.0. The van der Waals surface area contributed by atoms with Crippen LogP contribution in [0.25, 0.3) is 11.4 Å². The molecule has 2 heterocycles. The number of benzene rings is 1. The molecule has 0 spiro atoms. The Balaban J connectivity index is 1.64. The SMILES string of the molecule is COc1ccc(-c2noc(CN(C)CC3CCN(CC(C)C)C3)n2)c(OC)c1OC. The summed E-state index contributed by atoms with van der Waals surface area (Å²) < 4.78 is 21.8. The molecule has 1 aromatic carbocycles. The van der Waals surface area contributed by atoms with Crippen LogP contribution in [0, 0.1) is 11.8 Å². The molecule has 1 fully saturated rings. The second kappa shape index (κ2) is 10.1. The van der Waals surface area contributed by atoms with Crippen molar-refractivity contribution in [1.82, 2.24) is 19.9 Å². The van der Waals surface area contributed by atoms with Gasteiger partial charge in [-0.25, -0.2) is 0 Å². The number of likely N-dealkylation sites (tertiary alicyclic amines) is 1. The Hall–Kier alpha value is -2.32. The summed E-state index contributed by atoms with van der Waals surface area (Å²) in [6.07, 6.45) is 1.25. The number of methoxy groups -OCH3 is 3. The first-order valence-corrected chi connectivity index (χ1v) is 10.5. The number of nitrogens with zero attached hydrogens (tertiary/aromatic N) is 4. The van der Waals surface area contributed by atoms with Crippen molar-refractivity contribution in [2.45, 2.75) is 26.8 Å². The van der Waals surface area contributed by atoms with Crippen molar-refractivity contribution in [2.24, 2.45) is 11.8 Å². The summed E-state index contributed by atoms with van der Waals surface area (Å²) in [5.74, 6) is 4.07. The molecule has 1 aliphatic rings. The molecule has 0 radical (unpaired) electrons. The van der Waals surface area contributed by atoms with Gasteiger partial charge in [-0.05, 0) is 44.0 Å². The van der Waals surface area contributed by atoms with E-state index in [4.69, 9.17) is 18.7 Å². The van der Waals surface area contributed by atoms with Crippen molar-refractivity contribution in [2.75, 3.05) is 54.6 Å². The average molecular weight is 419 g/mol. The molecule has 1 atom stereocenters. The zero-order valence-electron chi connectivity index (χ0n) is 19.0. The average Bonchev–Trinajstić information content (AvgIpc) is 3.35. The van der Waals surface area contributed by atoms with E-state index in [0.29, 0.717) is 52.9 Å². The molecular formula is C22H34N4O4. The molecule has 0 N–H and O–H groups in total. The Labute approximate surface area is 179 Å². The fraction of sp³-hybridized carbons (Fsp3) is 0.636. The Morgan fingerprint density at radius 1 is 1.17 bits per heavy atom. The molecule has 0 bridgehead atoms. The smallest absolute Gasteiger partial charge is 0.241 e. The molecule has 1 unspecified atom stereocenters. The van der Waals surface area contributed by atoms with Crippen molar-refractivity contribution in [1.29, 1.82) is 0 Å². The maximum atomic E-state index is 5.54. The lowest BCUT2D eigenvalue weighted by atomic mass is 10.1. The molecule has 1 aromatic heterocycles. The van der Waals surface area contributed by atoms with E-state index in [-0.39, 0.29) is 0 Å². The van der Waals surface area contributed by atoms with Gasteiger partial charge in [0.2, 0.25) is 17.5 Å². The van der Waals surface area contributed by atoms with Gasteiger partial charge in [0.25, 0.3) is 0 Å². The predicted octanol–water partition coefficient (Wildman–Crippen LogP) is 3.17. The maximum absolute atomic E-state index is 5.54. The third-order valence-electron chi connectivity index (χ3n) is 5.38. The van der Waals surface area contributed by atoms with Crippen LogP contribution >= 0.6 is 0 Å². The first kappa shape index (κ1) is 22.4. The van der Waals surface area contributed by atoms with E-state index in [1.807, 2.05) is 12.1 Å². The molecule has 166 valence electrons. The number of hydrogen-bond acceptors (Lipinski definition) is 8. The molecule has 2 aromatic rings. The highest BCUT2D eigenvalue weighted by atomic mass is 16.5. The predicted molar refractivity (Wildman–Crippen MR) is 115 cm³/mol. The summed E-state index contributed by atoms with van der Waals surface area (Å²) in [6.45, 7) is 9.73. The Morgan fingerprint density at radius 3 is 2.60 bits per heavy atom. The van der Waals surface area contributed by atoms with Crippen LogP contribution in [-0.2, 0) is 6.54 Å². The van der Waals surface area contributed by atoms with Gasteiger partial charge in [-0.2, -0.15) is 4.98 Å². The quantitative estimate of drug-likeness (QED) is 0.583. The van der Waals surface area contributed by atoms with Crippen LogP contribution in [0.1, 0.15) is 26.2 Å². The fourth-order valence-corrected chi connectivity index (χ4v) is 4.19. The first-order valence-electron chi connectivity index (χ1n) is 10.5. The van der Waals surface area contributed by atoms with E-state index in [2.05, 4.69) is 40.8 Å². The van der Waals surface area contributed by atoms with Gasteiger partial charge in [0.1, 0.15) is 0 Å². The standard InChI is InChI=1S/C22H34N4O4/c1-15(2)11-26-10-9-16(13-26)12-25(3)14-19-23-22(24-30-19)17-7-8-18(27-4)21(29-6)20(17)28-5/h7-8,15-16H,9-14H2,1-6H3. The number of ether oxygens (including phenoxy) is 3. The summed E-state index contributed by atoms with van der Waals surface area (Å²) >= 11 is 0. The first-order chi connectivity index (χ1) is 14.4. The van der Waals surface area contributed by atoms with Crippen LogP contribution in [-0.4, -0.2) is 74.5 Å². The molecule has 8 heteroatoms. The summed E-state index contributed by atoms with van der Waals surface area (Å²) in [5, 5.41) is 4.16. The van der Waals surface area contributed by atoms with Gasteiger partial charge in [0.05, 0.1) is 33.4 Å². The van der Waals surface area contributed by atoms with Crippen molar-refractivity contribution < 1.29 is 18.7 Å². The lowest BCUT2D eigenvalue weighted by Crippen LogP contribution is -2.29. The van der Waals surface area contributed by atoms with Crippen molar-refractivity contribution in [3.8, 4) is 28.6 Å². The largest absolute Gasteiger partial charge is 0.493 e. The molecular weight excluding hydrogens is 384 g/mol. The second-order valence-electron chi connectivity index (χ2n) is 8.40. The number of hydrogen-bond donors (Lipinski definition) is 0. The van der Waals surface area contributed by atoms with E-state index in [9.17, 15) is 0 Å². The normalized spacial score (nSPS) is 17.1. The van der Waals surface area contributed by atoms with Crippen LogP contribution in [0.15, 0.2) is 16.7 Å². The van der Waals surface area contributed by atoms with Crippen molar-refractivity contribution in [3.63, 3.8) is 0 Å². The third kappa shape index (κ3) is 5.23. The minimum atomic E-state index is 0.472. The summed E-state index contributed by atoms with van der Waals surface area (Å²) in [4.78, 5) is 9.41. The van der Waals surface area contributed by atoms with Crippen LogP contribution in [0.2, 0.25) is 0 Å². The summed E-state index contributed by atoms with van der Waals surface area (Å²) in [6, 6.07) is 3.65. The van der Waals surface area contributed by atoms with Crippen LogP contribution in [0.3, 0.4) is 0 Å². The van der Waals surface area contributed by atoms with E-state index in [1.54, 1.807) is 21.3 Å². The Kier molecular flexibility index (Phi) is 7.55. The summed E-state index contributed by atoms with van der Waals surface area (Å²) in [7, 11) is 6.85. The molecule has 30 heavy (non-hydrogen) atoms. The lowest BCUT2D eigenvalue weighted by Gasteiger charge is -2.21. The highest BCUT2D eigenvalue weighted by Gasteiger charge is 2.25. The monoisotopic (exact) mass is 418 g/mol. The lowest BCUT2D eigenvalue weighted by molar-refractivity contribution is 0.224. The van der Waals surface area contributed by atoms with Crippen LogP contribution in [0.5, 0.6) is 17.2 Å². The van der Waals surface area contributed by atoms with E-state index >= 15 is 0 Å². The van der Waals surface area contributed by atoms with Gasteiger partial charge in [-0.3, -0.25) is 4.90 Å². The minimum Gasteiger partial charge on any atom is -0.493 e. The Morgan fingerprint density at radius 2 is 1.93 bits per heavy atom. The van der Waals surface area contributed by atoms with E-state index in [0.717, 1.165) is 6.54 Å². The molecule has 0 saturated carbocycles.